The van der Waals surface area contributed by atoms with Gasteiger partial charge in [0.05, 0.1) is 11.0 Å². The number of benzene rings is 8. The minimum atomic E-state index is -0.254. The molecule has 326 valence electrons. The normalized spacial score (nSPS) is 11.9. The molecule has 12 rings (SSSR count). The van der Waals surface area contributed by atoms with E-state index in [4.69, 9.17) is 15.0 Å². The van der Waals surface area contributed by atoms with Crippen LogP contribution < -0.4 is 4.98 Å². The van der Waals surface area contributed by atoms with Crippen molar-refractivity contribution in [2.75, 3.05) is 0 Å². The van der Waals surface area contributed by atoms with E-state index in [0.29, 0.717) is 0 Å². The van der Waals surface area contributed by atoms with Crippen LogP contribution in [0.1, 0.15) is 47.2 Å². The van der Waals surface area contributed by atoms with E-state index in [-0.39, 0.29) is 26.5 Å². The van der Waals surface area contributed by atoms with Crippen LogP contribution in [-0.4, -0.2) is 19.1 Å². The average Bonchev–Trinajstić information content (AvgIpc) is 4.01. The molecule has 0 saturated heterocycles. The van der Waals surface area contributed by atoms with Gasteiger partial charge in [-0.3, -0.25) is 4.57 Å². The largest absolute Gasteiger partial charge is 2.00 e. The first-order valence-electron chi connectivity index (χ1n) is 22.8. The Morgan fingerprint density at radius 1 is 0.537 bits per heavy atom. The Balaban J connectivity index is 0.00000494. The van der Waals surface area contributed by atoms with Crippen molar-refractivity contribution in [3.05, 3.63) is 216 Å². The predicted octanol–water partition coefficient (Wildman–Crippen LogP) is 15.1. The van der Waals surface area contributed by atoms with Gasteiger partial charge in [-0.05, 0) is 125 Å². The number of aryl methyl sites for hydroxylation is 4. The van der Waals surface area contributed by atoms with Gasteiger partial charge in [0.15, 0.2) is 0 Å². The third-order valence-electron chi connectivity index (χ3n) is 13.9. The third-order valence-corrected chi connectivity index (χ3v) is 13.9. The van der Waals surface area contributed by atoms with E-state index in [0.717, 1.165) is 83.3 Å². The molecule has 0 bridgehead atoms. The zero-order valence-electron chi connectivity index (χ0n) is 38.3. The smallest absolute Gasteiger partial charge is 0.656 e. The molecule has 0 aliphatic carbocycles. The van der Waals surface area contributed by atoms with E-state index < -0.39 is 0 Å². The van der Waals surface area contributed by atoms with Crippen LogP contribution in [0.3, 0.4) is 0 Å². The summed E-state index contributed by atoms with van der Waals surface area (Å²) in [6.45, 7) is 13.5. The van der Waals surface area contributed by atoms with Gasteiger partial charge in [0.1, 0.15) is 11.6 Å². The number of aromatic nitrogens is 5. The van der Waals surface area contributed by atoms with E-state index in [1.165, 1.54) is 49.9 Å². The Morgan fingerprint density at radius 3 is 2.03 bits per heavy atom. The van der Waals surface area contributed by atoms with Crippen molar-refractivity contribution in [1.29, 1.82) is 0 Å². The second kappa shape index (κ2) is 16.2. The predicted molar refractivity (Wildman–Crippen MR) is 274 cm³/mol. The molecule has 8 aromatic carbocycles. The van der Waals surface area contributed by atoms with Crippen LogP contribution in [0.15, 0.2) is 176 Å². The van der Waals surface area contributed by atoms with Crippen molar-refractivity contribution in [1.82, 2.24) is 24.1 Å². The molecule has 67 heavy (non-hydrogen) atoms. The number of hydrogen-bond acceptors (Lipinski definition) is 2. The van der Waals surface area contributed by atoms with Crippen molar-refractivity contribution < 1.29 is 21.1 Å². The van der Waals surface area contributed by atoms with Crippen LogP contribution >= 0.6 is 0 Å². The maximum atomic E-state index is 5.59. The van der Waals surface area contributed by atoms with Crippen molar-refractivity contribution in [2.24, 2.45) is 0 Å². The molecule has 5 nitrogen and oxygen atoms in total. The molecule has 6 heteroatoms. The van der Waals surface area contributed by atoms with Crippen molar-refractivity contribution >= 4 is 54.6 Å². The molecule has 0 fully saturated rings. The summed E-state index contributed by atoms with van der Waals surface area (Å²) < 4.78 is 4.61. The summed E-state index contributed by atoms with van der Waals surface area (Å²) >= 11 is 0. The summed E-state index contributed by atoms with van der Waals surface area (Å²) in [5, 5.41) is 4.55. The van der Waals surface area contributed by atoms with Gasteiger partial charge in [0, 0.05) is 28.4 Å². The zero-order valence-corrected chi connectivity index (χ0v) is 40.6. The molecule has 0 saturated carbocycles. The quantitative estimate of drug-likeness (QED) is 0.149. The number of imidazole rings is 1. The van der Waals surface area contributed by atoms with Crippen molar-refractivity contribution in [3.8, 4) is 45.1 Å². The number of hydrogen-bond donors (Lipinski definition) is 0. The first-order chi connectivity index (χ1) is 32.1. The van der Waals surface area contributed by atoms with Gasteiger partial charge in [-0.2, -0.15) is 0 Å². The number of pyridine rings is 1. The van der Waals surface area contributed by atoms with E-state index in [9.17, 15) is 0 Å². The molecule has 0 atom stereocenters. The van der Waals surface area contributed by atoms with Crippen molar-refractivity contribution in [3.63, 3.8) is 0 Å². The van der Waals surface area contributed by atoms with E-state index in [1.54, 1.807) is 0 Å². The second-order valence-corrected chi connectivity index (χ2v) is 18.4. The third kappa shape index (κ3) is 6.78. The van der Waals surface area contributed by atoms with Crippen LogP contribution in [0, 0.1) is 33.8 Å². The molecule has 0 unspecified atom stereocenters. The first kappa shape index (κ1) is 42.3. The molecule has 4 aromatic heterocycles. The molecule has 0 aliphatic heterocycles. The summed E-state index contributed by atoms with van der Waals surface area (Å²) in [6.07, 6.45) is 1.96. The maximum absolute atomic E-state index is 5.59. The molecule has 0 spiro atoms. The maximum Gasteiger partial charge on any atom is 2.00 e. The number of nitrogens with zero attached hydrogens (tertiary/aromatic N) is 5. The number of rotatable bonds is 7. The Labute approximate surface area is 405 Å². The topological polar surface area (TPSA) is 49.7 Å². The molecule has 12 aromatic rings. The average molecular weight is 1050 g/mol. The van der Waals surface area contributed by atoms with Gasteiger partial charge in [0.25, 0.3) is 0 Å². The summed E-state index contributed by atoms with van der Waals surface area (Å²) in [6, 6.07) is 64.9. The Bertz CT molecular complexity index is 3870. The fraction of sp³-hybridized carbons (Fsp3) is 0.115. The van der Waals surface area contributed by atoms with Gasteiger partial charge in [-0.1, -0.05) is 152 Å². The first-order valence-corrected chi connectivity index (χ1v) is 22.8. The number of fused-ring (bicyclic) bond motifs is 7. The number of para-hydroxylation sites is 4. The van der Waals surface area contributed by atoms with Gasteiger partial charge >= 0.3 is 21.1 Å². The summed E-state index contributed by atoms with van der Waals surface area (Å²) in [5.41, 5.74) is 19.7. The summed E-state index contributed by atoms with van der Waals surface area (Å²) in [5.74, 6) is 1.70. The Hall–Kier alpha value is -7.33. The van der Waals surface area contributed by atoms with Crippen molar-refractivity contribution in [2.45, 2.75) is 47.0 Å². The molecule has 0 aliphatic rings. The molecular weight excluding hydrogens is 998 g/mol. The van der Waals surface area contributed by atoms with E-state index >= 15 is 0 Å². The fourth-order valence-corrected chi connectivity index (χ4v) is 10.6. The molecule has 0 amide bonds. The van der Waals surface area contributed by atoms with Gasteiger partial charge in [-0.15, -0.1) is 34.8 Å². The van der Waals surface area contributed by atoms with Gasteiger partial charge in [-0.25, -0.2) is 9.97 Å². The van der Waals surface area contributed by atoms with Crippen LogP contribution in [0.5, 0.6) is 0 Å². The SMILES string of the molecule is Cc1cc(C)c(-c2cc3c4ccc(-c5cccc6c5nc(-c5cccc7c5[n-]c5ccccc57)n6-c5ccccc5)[c-]c4n(-c4cc(C(C)(C)c5ccccc5)ccn4)c3cc2C)c(C)c1.[Pt+2]. The molecule has 0 radical (unpaired) electrons. The van der Waals surface area contributed by atoms with Crippen LogP contribution in [0.2, 0.25) is 0 Å². The monoisotopic (exact) mass is 1040 g/mol. The van der Waals surface area contributed by atoms with Gasteiger partial charge in [0.2, 0.25) is 0 Å². The van der Waals surface area contributed by atoms with Crippen LogP contribution in [0.4, 0.5) is 0 Å². The molecule has 4 heterocycles. The fourth-order valence-electron chi connectivity index (χ4n) is 10.6. The molecular formula is C61H47N5Pt. The zero-order chi connectivity index (χ0) is 44.8. The second-order valence-electron chi connectivity index (χ2n) is 18.4. The van der Waals surface area contributed by atoms with Crippen LogP contribution in [-0.2, 0) is 26.5 Å². The summed E-state index contributed by atoms with van der Waals surface area (Å²) in [4.78, 5) is 15.9. The van der Waals surface area contributed by atoms with Crippen LogP contribution in [0.25, 0.3) is 99.8 Å². The minimum absolute atomic E-state index is 0. The van der Waals surface area contributed by atoms with E-state index in [1.807, 2.05) is 6.20 Å². The standard InChI is InChI=1S/C61H47N5.Pt/c1-37-31-39(3)57(40(4)32-37)50-36-51-47-28-27-41(34-55(47)66(54(51)33-38(50)2)56-35-43(29-30-62-56)61(5,6)42-17-9-7-10-18-42)45-22-16-26-53-59(45)64-60(65(53)44-19-11-8-12-20-44)49-24-15-23-48-46-21-13-14-25-52(46)63-58(48)49;/h7-33,35-36H,1-6H3;/q-2;+2. The minimum Gasteiger partial charge on any atom is -0.656 e. The Morgan fingerprint density at radius 2 is 1.24 bits per heavy atom. The Kier molecular flexibility index (Phi) is 10.2. The molecule has 0 N–H and O–H groups in total. The van der Waals surface area contributed by atoms with E-state index in [2.05, 4.69) is 227 Å². The van der Waals surface area contributed by atoms with Gasteiger partial charge < -0.3 is 9.55 Å². The summed E-state index contributed by atoms with van der Waals surface area (Å²) in [7, 11) is 0.